The molecule has 1 rings (SSSR count). The quantitative estimate of drug-likeness (QED) is 0.705. The molecule has 0 aliphatic rings. The normalized spacial score (nSPS) is 10.9. The van der Waals surface area contributed by atoms with E-state index in [0.29, 0.717) is 5.75 Å². The maximum atomic E-state index is 13.3. The van der Waals surface area contributed by atoms with E-state index in [2.05, 4.69) is 0 Å². The summed E-state index contributed by atoms with van der Waals surface area (Å²) < 4.78 is 18.1. The van der Waals surface area contributed by atoms with Gasteiger partial charge in [0.25, 0.3) is 0 Å². The van der Waals surface area contributed by atoms with Crippen LogP contribution in [0.25, 0.3) is 5.03 Å². The van der Waals surface area contributed by atoms with Gasteiger partial charge in [-0.25, -0.2) is 4.39 Å². The van der Waals surface area contributed by atoms with Gasteiger partial charge >= 0.3 is 0 Å². The minimum absolute atomic E-state index is 0.0765. The van der Waals surface area contributed by atoms with Crippen molar-refractivity contribution in [2.24, 2.45) is 0 Å². The summed E-state index contributed by atoms with van der Waals surface area (Å²) in [5.74, 6) is -0.103. The fourth-order valence-electron chi connectivity index (χ4n) is 0.951. The number of halogens is 2. The second kappa shape index (κ2) is 4.64. The van der Waals surface area contributed by atoms with Crippen LogP contribution in [0, 0.1) is 17.1 Å². The van der Waals surface area contributed by atoms with E-state index in [1.165, 1.54) is 19.2 Å². The molecule has 4 heteroatoms. The van der Waals surface area contributed by atoms with Gasteiger partial charge in [-0.15, -0.1) is 0 Å². The summed E-state index contributed by atoms with van der Waals surface area (Å²) in [7, 11) is 1.45. The molecule has 0 aliphatic heterocycles. The van der Waals surface area contributed by atoms with Crippen molar-refractivity contribution in [3.05, 3.63) is 35.7 Å². The van der Waals surface area contributed by atoms with Crippen LogP contribution in [0.5, 0.6) is 5.75 Å². The van der Waals surface area contributed by atoms with Crippen molar-refractivity contribution in [2.45, 2.75) is 0 Å². The SMILES string of the molecule is COc1ccc(/C(Cl)=C/C#N)c(F)c1. The molecule has 0 atom stereocenters. The van der Waals surface area contributed by atoms with E-state index in [4.69, 9.17) is 21.6 Å². The molecule has 2 nitrogen and oxygen atoms in total. The maximum Gasteiger partial charge on any atom is 0.135 e. The first kappa shape index (κ1) is 10.6. The van der Waals surface area contributed by atoms with Gasteiger partial charge in [-0.2, -0.15) is 5.26 Å². The molecule has 72 valence electrons. The minimum atomic E-state index is -0.513. The zero-order valence-electron chi connectivity index (χ0n) is 7.42. The van der Waals surface area contributed by atoms with Gasteiger partial charge < -0.3 is 4.74 Å². The lowest BCUT2D eigenvalue weighted by Crippen LogP contribution is -1.88. The Morgan fingerprint density at radius 2 is 2.36 bits per heavy atom. The monoisotopic (exact) mass is 211 g/mol. The van der Waals surface area contributed by atoms with Gasteiger partial charge in [-0.3, -0.25) is 0 Å². The van der Waals surface area contributed by atoms with Gasteiger partial charge in [-0.1, -0.05) is 11.6 Å². The summed E-state index contributed by atoms with van der Waals surface area (Å²) in [5.41, 5.74) is 0.189. The van der Waals surface area contributed by atoms with Crippen LogP contribution in [0.15, 0.2) is 24.3 Å². The van der Waals surface area contributed by atoms with E-state index in [1.807, 2.05) is 0 Å². The van der Waals surface area contributed by atoms with Crippen molar-refractivity contribution in [3.63, 3.8) is 0 Å². The van der Waals surface area contributed by atoms with Gasteiger partial charge in [0.05, 0.1) is 18.2 Å². The molecule has 0 aromatic heterocycles. The Kier molecular flexibility index (Phi) is 3.49. The van der Waals surface area contributed by atoms with Crippen molar-refractivity contribution in [2.75, 3.05) is 7.11 Å². The van der Waals surface area contributed by atoms with Crippen LogP contribution in [0.2, 0.25) is 0 Å². The minimum Gasteiger partial charge on any atom is -0.497 e. The highest BCUT2D eigenvalue weighted by atomic mass is 35.5. The first-order chi connectivity index (χ1) is 6.69. The standard InChI is InChI=1S/C10H7ClFNO/c1-14-7-2-3-8(10(12)6-7)9(11)4-5-13/h2-4,6H,1H3/b9-4-. The van der Waals surface area contributed by atoms with Crippen LogP contribution in [0.3, 0.4) is 0 Å². The molecular formula is C10H7ClFNO. The molecule has 0 aliphatic carbocycles. The Balaban J connectivity index is 3.13. The Hall–Kier alpha value is -1.53. The third kappa shape index (κ3) is 2.24. The first-order valence-corrected chi connectivity index (χ1v) is 4.16. The Bertz CT molecular complexity index is 409. The maximum absolute atomic E-state index is 13.3. The average Bonchev–Trinajstić information content (AvgIpc) is 2.17. The Morgan fingerprint density at radius 1 is 1.64 bits per heavy atom. The van der Waals surface area contributed by atoms with Gasteiger partial charge in [0.15, 0.2) is 0 Å². The van der Waals surface area contributed by atoms with Gasteiger partial charge in [0, 0.05) is 17.7 Å². The Labute approximate surface area is 86.2 Å². The third-order valence-electron chi connectivity index (χ3n) is 1.62. The molecule has 0 saturated heterocycles. The lowest BCUT2D eigenvalue weighted by Gasteiger charge is -2.03. The molecule has 0 saturated carbocycles. The van der Waals surface area contributed by atoms with E-state index in [0.717, 1.165) is 6.08 Å². The molecular weight excluding hydrogens is 205 g/mol. The summed E-state index contributed by atoms with van der Waals surface area (Å²) in [5, 5.41) is 8.41. The summed E-state index contributed by atoms with van der Waals surface area (Å²) in [6.45, 7) is 0. The van der Waals surface area contributed by atoms with Gasteiger partial charge in [0.2, 0.25) is 0 Å². The topological polar surface area (TPSA) is 33.0 Å². The number of nitrogens with zero attached hydrogens (tertiary/aromatic N) is 1. The molecule has 1 aromatic carbocycles. The van der Waals surface area contributed by atoms with Crippen LogP contribution < -0.4 is 4.74 Å². The Morgan fingerprint density at radius 3 is 2.86 bits per heavy atom. The second-order valence-electron chi connectivity index (χ2n) is 2.47. The average molecular weight is 212 g/mol. The number of hydrogen-bond donors (Lipinski definition) is 0. The van der Waals surface area contributed by atoms with Gasteiger partial charge in [-0.05, 0) is 12.1 Å². The fourth-order valence-corrected chi connectivity index (χ4v) is 1.15. The second-order valence-corrected chi connectivity index (χ2v) is 2.87. The van der Waals surface area contributed by atoms with E-state index < -0.39 is 5.82 Å². The molecule has 0 fully saturated rings. The number of methoxy groups -OCH3 is 1. The predicted octanol–water partition coefficient (Wildman–Crippen LogP) is 2.94. The molecule has 1 aromatic rings. The fraction of sp³-hybridized carbons (Fsp3) is 0.100. The number of benzene rings is 1. The highest BCUT2D eigenvalue weighted by molar-refractivity contribution is 6.49. The lowest BCUT2D eigenvalue weighted by molar-refractivity contribution is 0.411. The number of hydrogen-bond acceptors (Lipinski definition) is 2. The summed E-state index contributed by atoms with van der Waals surface area (Å²) in [4.78, 5) is 0. The van der Waals surface area contributed by atoms with Crippen molar-refractivity contribution in [1.29, 1.82) is 5.26 Å². The smallest absolute Gasteiger partial charge is 0.135 e. The van der Waals surface area contributed by atoms with Crippen LogP contribution in [-0.2, 0) is 0 Å². The molecule has 0 bridgehead atoms. The van der Waals surface area contributed by atoms with Crippen LogP contribution >= 0.6 is 11.6 Å². The van der Waals surface area contributed by atoms with E-state index in [-0.39, 0.29) is 10.6 Å². The zero-order chi connectivity index (χ0) is 10.6. The first-order valence-electron chi connectivity index (χ1n) is 3.78. The van der Waals surface area contributed by atoms with Crippen LogP contribution in [0.1, 0.15) is 5.56 Å². The summed E-state index contributed by atoms with van der Waals surface area (Å²) >= 11 is 5.66. The van der Waals surface area contributed by atoms with Crippen molar-refractivity contribution < 1.29 is 9.13 Å². The highest BCUT2D eigenvalue weighted by Crippen LogP contribution is 2.24. The predicted molar refractivity (Wildman–Crippen MR) is 52.4 cm³/mol. The summed E-state index contributed by atoms with van der Waals surface area (Å²) in [6.07, 6.45) is 1.08. The molecule has 0 radical (unpaired) electrons. The van der Waals surface area contributed by atoms with Gasteiger partial charge in [0.1, 0.15) is 11.6 Å². The summed E-state index contributed by atoms with van der Waals surface area (Å²) in [6, 6.07) is 5.98. The molecule has 0 amide bonds. The van der Waals surface area contributed by atoms with Crippen LogP contribution in [-0.4, -0.2) is 7.11 Å². The number of nitriles is 1. The zero-order valence-corrected chi connectivity index (χ0v) is 8.18. The van der Waals surface area contributed by atoms with E-state index in [1.54, 1.807) is 12.1 Å². The third-order valence-corrected chi connectivity index (χ3v) is 1.94. The molecule has 0 N–H and O–H groups in total. The van der Waals surface area contributed by atoms with Crippen molar-refractivity contribution in [3.8, 4) is 11.8 Å². The molecule has 0 spiro atoms. The molecule has 0 heterocycles. The number of allylic oxidation sites excluding steroid dienone is 1. The van der Waals surface area contributed by atoms with E-state index in [9.17, 15) is 4.39 Å². The largest absolute Gasteiger partial charge is 0.497 e. The molecule has 0 unspecified atom stereocenters. The number of rotatable bonds is 2. The number of ether oxygens (including phenoxy) is 1. The van der Waals surface area contributed by atoms with Crippen LogP contribution in [0.4, 0.5) is 4.39 Å². The lowest BCUT2D eigenvalue weighted by atomic mass is 10.2. The van der Waals surface area contributed by atoms with Crippen molar-refractivity contribution >= 4 is 16.6 Å². The highest BCUT2D eigenvalue weighted by Gasteiger charge is 2.06. The van der Waals surface area contributed by atoms with E-state index >= 15 is 0 Å². The molecule has 14 heavy (non-hydrogen) atoms. The van der Waals surface area contributed by atoms with Crippen molar-refractivity contribution in [1.82, 2.24) is 0 Å².